The lowest BCUT2D eigenvalue weighted by Crippen LogP contribution is -2.30. The molecule has 3 aromatic rings. The standard InChI is InChI=1S/C24H16ClN3O7/c1-13(21(29)26-16-3-2-4-18(12-16)28(33)34)35-24(32)14-5-10-19-20(11-14)23(31)27(22(19)30)17-8-6-15(25)7-9-17/h2-13H,1H3,(H,26,29). The van der Waals surface area contributed by atoms with E-state index in [-0.39, 0.29) is 28.1 Å². The number of amides is 3. The van der Waals surface area contributed by atoms with Gasteiger partial charge in [0.15, 0.2) is 6.10 Å². The molecule has 1 unspecified atom stereocenters. The maximum Gasteiger partial charge on any atom is 0.338 e. The normalized spacial score (nSPS) is 13.3. The number of fused-ring (bicyclic) bond motifs is 1. The minimum Gasteiger partial charge on any atom is -0.449 e. The van der Waals surface area contributed by atoms with Gasteiger partial charge in [-0.2, -0.15) is 0 Å². The Kier molecular flexibility index (Phi) is 6.30. The van der Waals surface area contributed by atoms with Gasteiger partial charge in [-0.05, 0) is 55.5 Å². The third-order valence-electron chi connectivity index (χ3n) is 5.18. The van der Waals surface area contributed by atoms with Crippen LogP contribution in [0.1, 0.15) is 38.0 Å². The van der Waals surface area contributed by atoms with Crippen LogP contribution in [0.5, 0.6) is 0 Å². The number of rotatable bonds is 6. The van der Waals surface area contributed by atoms with Gasteiger partial charge in [0.25, 0.3) is 23.4 Å². The molecule has 0 saturated heterocycles. The summed E-state index contributed by atoms with van der Waals surface area (Å²) in [7, 11) is 0. The van der Waals surface area contributed by atoms with Crippen molar-refractivity contribution in [1.29, 1.82) is 0 Å². The molecular weight excluding hydrogens is 478 g/mol. The second kappa shape index (κ2) is 9.35. The van der Waals surface area contributed by atoms with Crippen LogP contribution in [0.25, 0.3) is 0 Å². The molecule has 3 aromatic carbocycles. The molecule has 4 rings (SSSR count). The van der Waals surface area contributed by atoms with Crippen LogP contribution in [0, 0.1) is 10.1 Å². The zero-order chi connectivity index (χ0) is 25.3. The molecule has 176 valence electrons. The van der Waals surface area contributed by atoms with Gasteiger partial charge in [0, 0.05) is 22.8 Å². The average molecular weight is 494 g/mol. The number of esters is 1. The van der Waals surface area contributed by atoms with Crippen LogP contribution in [0.3, 0.4) is 0 Å². The SMILES string of the molecule is CC(OC(=O)c1ccc2c(c1)C(=O)N(c1ccc(Cl)cc1)C2=O)C(=O)Nc1cccc([N+](=O)[O-])c1. The van der Waals surface area contributed by atoms with Crippen molar-refractivity contribution in [2.24, 2.45) is 0 Å². The maximum absolute atomic E-state index is 12.9. The molecule has 0 spiro atoms. The Labute approximate surface area is 203 Å². The van der Waals surface area contributed by atoms with Crippen LogP contribution in [0.2, 0.25) is 5.02 Å². The third kappa shape index (κ3) is 4.73. The van der Waals surface area contributed by atoms with E-state index in [1.807, 2.05) is 0 Å². The first-order valence-electron chi connectivity index (χ1n) is 10.2. The van der Waals surface area contributed by atoms with Crippen LogP contribution >= 0.6 is 11.6 Å². The smallest absolute Gasteiger partial charge is 0.338 e. The minimum absolute atomic E-state index is 0.0214. The van der Waals surface area contributed by atoms with E-state index in [0.717, 1.165) is 4.90 Å². The highest BCUT2D eigenvalue weighted by Gasteiger charge is 2.37. The van der Waals surface area contributed by atoms with Crippen LogP contribution in [0.4, 0.5) is 17.1 Å². The van der Waals surface area contributed by atoms with E-state index in [2.05, 4.69) is 5.32 Å². The Hall–Kier alpha value is -4.57. The first-order valence-corrected chi connectivity index (χ1v) is 10.6. The van der Waals surface area contributed by atoms with Gasteiger partial charge in [0.2, 0.25) is 0 Å². The van der Waals surface area contributed by atoms with E-state index in [1.54, 1.807) is 12.1 Å². The fraction of sp³-hybridized carbons (Fsp3) is 0.0833. The topological polar surface area (TPSA) is 136 Å². The lowest BCUT2D eigenvalue weighted by atomic mass is 10.1. The molecule has 0 fully saturated rings. The van der Waals surface area contributed by atoms with E-state index >= 15 is 0 Å². The number of halogens is 1. The van der Waals surface area contributed by atoms with E-state index in [0.29, 0.717) is 10.7 Å². The number of nitrogens with one attached hydrogen (secondary N) is 1. The molecule has 1 atom stereocenters. The molecule has 1 aliphatic heterocycles. The summed E-state index contributed by atoms with van der Waals surface area (Å²) in [5.74, 6) is -2.75. The number of carbonyl (C=O) groups is 4. The predicted molar refractivity (Wildman–Crippen MR) is 126 cm³/mol. The van der Waals surface area contributed by atoms with Crippen molar-refractivity contribution in [2.45, 2.75) is 13.0 Å². The molecule has 3 amide bonds. The summed E-state index contributed by atoms with van der Waals surface area (Å²) in [6.45, 7) is 1.33. The largest absolute Gasteiger partial charge is 0.449 e. The second-order valence-corrected chi connectivity index (χ2v) is 7.96. The molecular formula is C24H16ClN3O7. The van der Waals surface area contributed by atoms with E-state index in [9.17, 15) is 29.3 Å². The first-order chi connectivity index (χ1) is 16.7. The van der Waals surface area contributed by atoms with E-state index in [1.165, 1.54) is 61.5 Å². The fourth-order valence-corrected chi connectivity index (χ4v) is 3.54. The minimum atomic E-state index is -1.25. The predicted octanol–water partition coefficient (Wildman–Crippen LogP) is 4.23. The van der Waals surface area contributed by atoms with Crippen LogP contribution in [-0.2, 0) is 9.53 Å². The molecule has 0 radical (unpaired) electrons. The molecule has 11 heteroatoms. The Balaban J connectivity index is 1.47. The summed E-state index contributed by atoms with van der Waals surface area (Å²) >= 11 is 5.87. The van der Waals surface area contributed by atoms with Crippen molar-refractivity contribution in [2.75, 3.05) is 10.2 Å². The number of benzene rings is 3. The van der Waals surface area contributed by atoms with E-state index in [4.69, 9.17) is 16.3 Å². The van der Waals surface area contributed by atoms with Gasteiger partial charge < -0.3 is 10.1 Å². The zero-order valence-corrected chi connectivity index (χ0v) is 18.8. The zero-order valence-electron chi connectivity index (χ0n) is 18.1. The quantitative estimate of drug-likeness (QED) is 0.235. The lowest BCUT2D eigenvalue weighted by molar-refractivity contribution is -0.384. The van der Waals surface area contributed by atoms with Crippen LogP contribution in [-0.4, -0.2) is 34.7 Å². The Morgan fingerprint density at radius 2 is 1.69 bits per heavy atom. The first kappa shape index (κ1) is 23.6. The number of non-ortho nitro benzene ring substituents is 1. The number of ether oxygens (including phenoxy) is 1. The highest BCUT2D eigenvalue weighted by Crippen LogP contribution is 2.30. The van der Waals surface area contributed by atoms with Crippen LogP contribution < -0.4 is 10.2 Å². The lowest BCUT2D eigenvalue weighted by Gasteiger charge is -2.14. The number of carbonyl (C=O) groups excluding carboxylic acids is 4. The fourth-order valence-electron chi connectivity index (χ4n) is 3.42. The van der Waals surface area contributed by atoms with E-state index < -0.39 is 34.7 Å². The highest BCUT2D eigenvalue weighted by molar-refractivity contribution is 6.35. The Morgan fingerprint density at radius 1 is 1.00 bits per heavy atom. The molecule has 0 saturated carbocycles. The van der Waals surface area contributed by atoms with Crippen LogP contribution in [0.15, 0.2) is 66.7 Å². The molecule has 0 bridgehead atoms. The van der Waals surface area contributed by atoms with Gasteiger partial charge in [0.1, 0.15) is 0 Å². The van der Waals surface area contributed by atoms with Gasteiger partial charge >= 0.3 is 5.97 Å². The number of hydrogen-bond acceptors (Lipinski definition) is 7. The number of hydrogen-bond donors (Lipinski definition) is 1. The number of imide groups is 1. The van der Waals surface area contributed by atoms with Gasteiger partial charge in [-0.25, -0.2) is 9.69 Å². The van der Waals surface area contributed by atoms with Crippen molar-refractivity contribution >= 4 is 52.4 Å². The molecule has 10 nitrogen and oxygen atoms in total. The number of nitrogens with zero attached hydrogens (tertiary/aromatic N) is 2. The molecule has 0 aromatic heterocycles. The van der Waals surface area contributed by atoms with Gasteiger partial charge in [-0.3, -0.25) is 24.5 Å². The Morgan fingerprint density at radius 3 is 2.37 bits per heavy atom. The van der Waals surface area contributed by atoms with Crippen molar-refractivity contribution in [3.63, 3.8) is 0 Å². The summed E-state index contributed by atoms with van der Waals surface area (Å²) in [5, 5.41) is 13.8. The van der Waals surface area contributed by atoms with Crippen molar-refractivity contribution in [1.82, 2.24) is 0 Å². The molecule has 1 heterocycles. The summed E-state index contributed by atoms with van der Waals surface area (Å²) in [6.07, 6.45) is -1.25. The molecule has 1 N–H and O–H groups in total. The monoisotopic (exact) mass is 493 g/mol. The van der Waals surface area contributed by atoms with Crippen molar-refractivity contribution in [3.05, 3.63) is 98.6 Å². The van der Waals surface area contributed by atoms with Gasteiger partial charge in [0.05, 0.1) is 27.3 Å². The Bertz CT molecular complexity index is 1390. The highest BCUT2D eigenvalue weighted by atomic mass is 35.5. The molecule has 0 aliphatic carbocycles. The van der Waals surface area contributed by atoms with Crippen molar-refractivity contribution in [3.8, 4) is 0 Å². The number of nitro benzene ring substituents is 1. The van der Waals surface area contributed by atoms with Gasteiger partial charge in [-0.1, -0.05) is 17.7 Å². The summed E-state index contributed by atoms with van der Waals surface area (Å²) in [5.41, 5.74) is 0.397. The summed E-state index contributed by atoms with van der Waals surface area (Å²) in [4.78, 5) is 61.9. The molecule has 1 aliphatic rings. The van der Waals surface area contributed by atoms with Gasteiger partial charge in [-0.15, -0.1) is 0 Å². The average Bonchev–Trinajstić information content (AvgIpc) is 3.09. The summed E-state index contributed by atoms with van der Waals surface area (Å²) in [6, 6.07) is 15.3. The number of anilines is 2. The number of nitro groups is 1. The summed E-state index contributed by atoms with van der Waals surface area (Å²) < 4.78 is 5.19. The third-order valence-corrected chi connectivity index (χ3v) is 5.44. The maximum atomic E-state index is 12.9. The second-order valence-electron chi connectivity index (χ2n) is 7.53. The molecule has 35 heavy (non-hydrogen) atoms. The van der Waals surface area contributed by atoms with Crippen molar-refractivity contribution < 1.29 is 28.8 Å².